The van der Waals surface area contributed by atoms with E-state index in [-0.39, 0.29) is 31.4 Å². The van der Waals surface area contributed by atoms with Gasteiger partial charge in [-0.3, -0.25) is 9.59 Å². The number of carbonyl (C=O) groups is 3. The van der Waals surface area contributed by atoms with Crippen LogP contribution in [-0.4, -0.2) is 73.1 Å². The molecular weight excluding hydrogens is 460 g/mol. The van der Waals surface area contributed by atoms with Crippen LogP contribution in [0.4, 0.5) is 4.79 Å². The van der Waals surface area contributed by atoms with E-state index in [1.807, 2.05) is 48.5 Å². The van der Waals surface area contributed by atoms with E-state index >= 15 is 0 Å². The largest absolute Gasteiger partial charge is 0.481 e. The van der Waals surface area contributed by atoms with Gasteiger partial charge in [0, 0.05) is 19.0 Å². The summed E-state index contributed by atoms with van der Waals surface area (Å²) in [6.45, 7) is 1.42. The highest BCUT2D eigenvalue weighted by molar-refractivity contribution is 7.92. The number of rotatable bonds is 6. The second-order valence-corrected chi connectivity index (χ2v) is 11.1. The van der Waals surface area contributed by atoms with Gasteiger partial charge < -0.3 is 20.1 Å². The number of fused-ring (bicyclic) bond motifs is 3. The molecule has 0 radical (unpaired) electrons. The van der Waals surface area contributed by atoms with Gasteiger partial charge in [-0.1, -0.05) is 48.5 Å². The van der Waals surface area contributed by atoms with Gasteiger partial charge >= 0.3 is 12.1 Å². The minimum Gasteiger partial charge on any atom is -0.481 e. The molecule has 9 nitrogen and oxygen atoms in total. The number of benzene rings is 2. The van der Waals surface area contributed by atoms with Gasteiger partial charge in [0.05, 0.1) is 17.4 Å². The number of nitrogens with one attached hydrogen (secondary N) is 1. The number of ether oxygens (including phenoxy) is 1. The van der Waals surface area contributed by atoms with Crippen LogP contribution in [0.5, 0.6) is 0 Å². The van der Waals surface area contributed by atoms with Gasteiger partial charge in [0.2, 0.25) is 5.91 Å². The molecule has 180 valence electrons. The zero-order valence-electron chi connectivity index (χ0n) is 18.6. The highest BCUT2D eigenvalue weighted by Gasteiger charge is 2.36. The van der Waals surface area contributed by atoms with E-state index in [4.69, 9.17) is 4.74 Å². The Labute approximate surface area is 197 Å². The monoisotopic (exact) mass is 486 g/mol. The molecule has 4 rings (SSSR count). The summed E-state index contributed by atoms with van der Waals surface area (Å²) < 4.78 is 29.3. The second-order valence-electron chi connectivity index (χ2n) is 8.58. The Kier molecular flexibility index (Phi) is 6.60. The lowest BCUT2D eigenvalue weighted by atomic mass is 9.98. The van der Waals surface area contributed by atoms with E-state index in [0.29, 0.717) is 0 Å². The highest BCUT2D eigenvalue weighted by Crippen LogP contribution is 2.44. The topological polar surface area (TPSA) is 130 Å². The van der Waals surface area contributed by atoms with E-state index in [9.17, 15) is 27.9 Å². The Balaban J connectivity index is 1.43. The van der Waals surface area contributed by atoms with Crippen molar-refractivity contribution >= 4 is 27.8 Å². The minimum absolute atomic E-state index is 0.0207. The van der Waals surface area contributed by atoms with Gasteiger partial charge in [0.15, 0.2) is 9.84 Å². The van der Waals surface area contributed by atoms with E-state index in [2.05, 4.69) is 5.32 Å². The maximum Gasteiger partial charge on any atom is 0.407 e. The number of aliphatic carboxylic acids is 1. The Morgan fingerprint density at radius 1 is 1.09 bits per heavy atom. The average molecular weight is 487 g/mol. The Hall–Kier alpha value is -3.40. The zero-order valence-corrected chi connectivity index (χ0v) is 19.5. The number of carboxylic acids is 1. The van der Waals surface area contributed by atoms with Crippen LogP contribution in [0.2, 0.25) is 0 Å². The van der Waals surface area contributed by atoms with Crippen molar-refractivity contribution in [2.45, 2.75) is 30.6 Å². The van der Waals surface area contributed by atoms with Gasteiger partial charge in [-0.05, 0) is 29.2 Å². The average Bonchev–Trinajstić information content (AvgIpc) is 3.12. The molecule has 2 aliphatic rings. The van der Waals surface area contributed by atoms with Crippen LogP contribution >= 0.6 is 0 Å². The van der Waals surface area contributed by atoms with Crippen molar-refractivity contribution in [1.29, 1.82) is 0 Å². The van der Waals surface area contributed by atoms with Crippen molar-refractivity contribution in [3.63, 3.8) is 0 Å². The quantitative estimate of drug-likeness (QED) is 0.639. The summed E-state index contributed by atoms with van der Waals surface area (Å²) in [6.07, 6.45) is -1.54. The Morgan fingerprint density at radius 3 is 2.24 bits per heavy atom. The lowest BCUT2D eigenvalue weighted by Gasteiger charge is -2.33. The smallest absolute Gasteiger partial charge is 0.407 e. The van der Waals surface area contributed by atoms with Crippen molar-refractivity contribution in [2.75, 3.05) is 25.4 Å². The molecule has 1 fully saturated rings. The molecule has 2 aromatic carbocycles. The first-order valence-corrected chi connectivity index (χ1v) is 12.7. The summed E-state index contributed by atoms with van der Waals surface area (Å²) >= 11 is 0. The number of sulfone groups is 1. The third kappa shape index (κ3) is 4.77. The fraction of sp³-hybridized carbons (Fsp3) is 0.375. The number of hydrogen-bond donors (Lipinski definition) is 2. The molecule has 1 aliphatic carbocycles. The molecule has 34 heavy (non-hydrogen) atoms. The van der Waals surface area contributed by atoms with Crippen LogP contribution in [0.1, 0.15) is 30.4 Å². The molecule has 0 saturated carbocycles. The lowest BCUT2D eigenvalue weighted by molar-refractivity contribution is -0.142. The molecule has 0 aromatic heterocycles. The minimum atomic E-state index is -3.29. The van der Waals surface area contributed by atoms with Gasteiger partial charge in [-0.2, -0.15) is 0 Å². The molecule has 0 bridgehead atoms. The number of carbonyl (C=O) groups excluding carboxylic acids is 2. The third-order valence-electron chi connectivity index (χ3n) is 6.36. The normalized spacial score (nSPS) is 19.6. The van der Waals surface area contributed by atoms with E-state index < -0.39 is 45.5 Å². The predicted octanol–water partition coefficient (Wildman–Crippen LogP) is 2.01. The number of nitrogens with zero attached hydrogens (tertiary/aromatic N) is 1. The number of amides is 2. The van der Waals surface area contributed by atoms with Crippen molar-refractivity contribution in [1.82, 2.24) is 10.2 Å². The molecule has 2 amide bonds. The fourth-order valence-corrected chi connectivity index (χ4v) is 5.82. The Bertz CT molecular complexity index is 1180. The third-order valence-corrected chi connectivity index (χ3v) is 8.49. The van der Waals surface area contributed by atoms with Gasteiger partial charge in [-0.15, -0.1) is 0 Å². The van der Waals surface area contributed by atoms with Crippen LogP contribution in [0.3, 0.4) is 0 Å². The predicted molar refractivity (Wildman–Crippen MR) is 124 cm³/mol. The summed E-state index contributed by atoms with van der Waals surface area (Å²) in [5, 5.41) is 10.9. The number of hydrogen-bond acceptors (Lipinski definition) is 6. The molecule has 1 aliphatic heterocycles. The van der Waals surface area contributed by atoms with Crippen molar-refractivity contribution < 1.29 is 32.6 Å². The van der Waals surface area contributed by atoms with E-state index in [0.717, 1.165) is 22.3 Å². The van der Waals surface area contributed by atoms with Crippen molar-refractivity contribution in [3.8, 4) is 11.1 Å². The molecule has 2 N–H and O–H groups in total. The number of alkyl carbamates (subject to hydrolysis) is 1. The molecule has 0 spiro atoms. The first kappa shape index (κ1) is 23.7. The van der Waals surface area contributed by atoms with Crippen LogP contribution in [0.15, 0.2) is 48.5 Å². The van der Waals surface area contributed by atoms with E-state index in [1.54, 1.807) is 0 Å². The zero-order chi connectivity index (χ0) is 24.5. The molecule has 2 unspecified atom stereocenters. The molecular formula is C24H26N2O7S. The van der Waals surface area contributed by atoms with Gasteiger partial charge in [-0.25, -0.2) is 13.2 Å². The molecule has 1 heterocycles. The first-order chi connectivity index (χ1) is 16.2. The van der Waals surface area contributed by atoms with Crippen LogP contribution < -0.4 is 5.32 Å². The summed E-state index contributed by atoms with van der Waals surface area (Å²) in [4.78, 5) is 38.1. The van der Waals surface area contributed by atoms with Crippen LogP contribution in [0, 0.1) is 0 Å². The molecule has 2 atom stereocenters. The second kappa shape index (κ2) is 9.46. The van der Waals surface area contributed by atoms with Gasteiger partial charge in [0.1, 0.15) is 12.6 Å². The standard InChI is InChI=1S/C24H26N2O7S/c1-15-13-26(10-11-34(15,31)32)23(29)21(12-22(27)28)25-24(30)33-14-20-18-8-4-2-6-16(18)17-7-3-5-9-19(17)20/h2-9,15,20-21H,10-14H2,1H3,(H,25,30)(H,27,28). The lowest BCUT2D eigenvalue weighted by Crippen LogP contribution is -2.55. The first-order valence-electron chi connectivity index (χ1n) is 11.0. The Morgan fingerprint density at radius 2 is 1.68 bits per heavy atom. The molecule has 10 heteroatoms. The summed E-state index contributed by atoms with van der Waals surface area (Å²) in [5.74, 6) is -2.29. The summed E-state index contributed by atoms with van der Waals surface area (Å²) in [5.41, 5.74) is 4.19. The maximum atomic E-state index is 12.9. The summed E-state index contributed by atoms with van der Waals surface area (Å²) in [6, 6.07) is 14.3. The van der Waals surface area contributed by atoms with Crippen molar-refractivity contribution in [3.05, 3.63) is 59.7 Å². The molecule has 2 aromatic rings. The van der Waals surface area contributed by atoms with Gasteiger partial charge in [0.25, 0.3) is 0 Å². The summed E-state index contributed by atoms with van der Waals surface area (Å²) in [7, 11) is -3.29. The van der Waals surface area contributed by atoms with Crippen LogP contribution in [0.25, 0.3) is 11.1 Å². The highest BCUT2D eigenvalue weighted by atomic mass is 32.2. The van der Waals surface area contributed by atoms with E-state index in [1.165, 1.54) is 11.8 Å². The molecule has 1 saturated heterocycles. The number of carboxylic acid groups (broad SMARTS) is 1. The van der Waals surface area contributed by atoms with Crippen LogP contribution in [-0.2, 0) is 24.2 Å². The van der Waals surface area contributed by atoms with Crippen molar-refractivity contribution in [2.24, 2.45) is 0 Å². The fourth-order valence-electron chi connectivity index (χ4n) is 4.53. The maximum absolute atomic E-state index is 12.9. The SMILES string of the molecule is CC1CN(C(=O)C(CC(=O)O)NC(=O)OCC2c3ccccc3-c3ccccc32)CCS1(=O)=O.